The molecule has 0 radical (unpaired) electrons. The van der Waals surface area contributed by atoms with Crippen LogP contribution in [0.3, 0.4) is 0 Å². The first-order valence-corrected chi connectivity index (χ1v) is 13.3. The van der Waals surface area contributed by atoms with Crippen LogP contribution in [0.25, 0.3) is 0 Å². The Morgan fingerprint density at radius 1 is 0.951 bits per heavy atom. The van der Waals surface area contributed by atoms with Gasteiger partial charge in [-0.2, -0.15) is 0 Å². The van der Waals surface area contributed by atoms with Gasteiger partial charge in [0.25, 0.3) is 5.91 Å². The number of hydrogen-bond acceptors (Lipinski definition) is 6. The molecule has 2 aromatic carbocycles. The van der Waals surface area contributed by atoms with Crippen molar-refractivity contribution >= 4 is 23.3 Å². The maximum absolute atomic E-state index is 13.4. The third kappa shape index (κ3) is 7.42. The van der Waals surface area contributed by atoms with E-state index in [1.807, 2.05) is 48.6 Å². The van der Waals surface area contributed by atoms with Crippen molar-refractivity contribution in [3.63, 3.8) is 0 Å². The number of para-hydroxylation sites is 2. The van der Waals surface area contributed by atoms with Gasteiger partial charge < -0.3 is 25.4 Å². The number of benzene rings is 2. The number of pyridine rings is 1. The molecule has 9 heteroatoms. The van der Waals surface area contributed by atoms with E-state index in [1.165, 1.54) is 12.5 Å². The summed E-state index contributed by atoms with van der Waals surface area (Å²) in [6, 6.07) is 17.7. The Hall–Kier alpha value is -5.31. The van der Waals surface area contributed by atoms with E-state index in [1.54, 1.807) is 41.6 Å². The number of aromatic nitrogens is 1. The van der Waals surface area contributed by atoms with E-state index in [2.05, 4.69) is 21.7 Å². The zero-order valence-electron chi connectivity index (χ0n) is 22.5. The zero-order valence-corrected chi connectivity index (χ0v) is 22.5. The SMILES string of the molecule is Nc1ccccc1NC(=O)c1ccc(CN(CCc2ccncc2)C(=O)NC2=COC=C(C3=CC=CCC3)O2)cc1. The van der Waals surface area contributed by atoms with E-state index < -0.39 is 0 Å². The lowest BCUT2D eigenvalue weighted by molar-refractivity contribution is 0.102. The number of urea groups is 1. The minimum atomic E-state index is -0.339. The number of nitrogen functional groups attached to an aromatic ring is 1. The van der Waals surface area contributed by atoms with Gasteiger partial charge in [-0.15, -0.1) is 0 Å². The lowest BCUT2D eigenvalue weighted by Gasteiger charge is -2.25. The molecule has 1 aliphatic heterocycles. The molecule has 9 nitrogen and oxygen atoms in total. The van der Waals surface area contributed by atoms with Gasteiger partial charge in [0.2, 0.25) is 5.88 Å². The van der Waals surface area contributed by atoms with Crippen molar-refractivity contribution in [3.8, 4) is 0 Å². The number of amides is 3. The number of hydrogen-bond donors (Lipinski definition) is 3. The molecule has 0 saturated heterocycles. The van der Waals surface area contributed by atoms with Crippen LogP contribution in [-0.4, -0.2) is 28.4 Å². The molecule has 0 atom stereocenters. The third-order valence-electron chi connectivity index (χ3n) is 6.64. The number of rotatable bonds is 9. The second-order valence-corrected chi connectivity index (χ2v) is 9.56. The molecule has 5 rings (SSSR count). The summed E-state index contributed by atoms with van der Waals surface area (Å²) in [4.78, 5) is 31.9. The molecule has 0 fully saturated rings. The van der Waals surface area contributed by atoms with Crippen LogP contribution in [0, 0.1) is 0 Å². The minimum Gasteiger partial charge on any atom is -0.463 e. The Balaban J connectivity index is 1.25. The predicted octanol–water partition coefficient (Wildman–Crippen LogP) is 5.63. The summed E-state index contributed by atoms with van der Waals surface area (Å²) in [5.41, 5.74) is 10.4. The first kappa shape index (κ1) is 27.3. The van der Waals surface area contributed by atoms with Crippen LogP contribution < -0.4 is 16.4 Å². The Morgan fingerprint density at radius 3 is 2.51 bits per heavy atom. The van der Waals surface area contributed by atoms with Crippen molar-refractivity contribution in [3.05, 3.63) is 138 Å². The molecule has 2 heterocycles. The van der Waals surface area contributed by atoms with Gasteiger partial charge in [-0.1, -0.05) is 42.5 Å². The van der Waals surface area contributed by atoms with Gasteiger partial charge >= 0.3 is 6.03 Å². The number of ether oxygens (including phenoxy) is 2. The summed E-state index contributed by atoms with van der Waals surface area (Å²) in [6.07, 6.45) is 14.8. The maximum Gasteiger partial charge on any atom is 0.324 e. The second kappa shape index (κ2) is 13.2. The summed E-state index contributed by atoms with van der Waals surface area (Å²) in [5, 5.41) is 5.66. The van der Waals surface area contributed by atoms with Crippen molar-refractivity contribution in [2.75, 3.05) is 17.6 Å². The second-order valence-electron chi connectivity index (χ2n) is 9.56. The summed E-state index contributed by atoms with van der Waals surface area (Å²) in [6.45, 7) is 0.759. The minimum absolute atomic E-state index is 0.212. The number of carbonyl (C=O) groups excluding carboxylic acids is 2. The number of nitrogens with two attached hydrogens (primary N) is 1. The quantitative estimate of drug-likeness (QED) is 0.298. The van der Waals surface area contributed by atoms with Crippen LogP contribution >= 0.6 is 0 Å². The van der Waals surface area contributed by atoms with E-state index in [0.717, 1.165) is 29.5 Å². The van der Waals surface area contributed by atoms with Gasteiger partial charge in [-0.25, -0.2) is 4.79 Å². The molecule has 0 bridgehead atoms. The van der Waals surface area contributed by atoms with Gasteiger partial charge in [-0.05, 0) is 72.4 Å². The molecule has 41 heavy (non-hydrogen) atoms. The highest BCUT2D eigenvalue weighted by molar-refractivity contribution is 6.05. The Labute approximate surface area is 238 Å². The van der Waals surface area contributed by atoms with Gasteiger partial charge in [0.1, 0.15) is 6.26 Å². The smallest absolute Gasteiger partial charge is 0.324 e. The highest BCUT2D eigenvalue weighted by Crippen LogP contribution is 2.25. The topological polar surface area (TPSA) is 119 Å². The van der Waals surface area contributed by atoms with Crippen LogP contribution in [0.4, 0.5) is 16.2 Å². The Bertz CT molecular complexity index is 1510. The van der Waals surface area contributed by atoms with Crippen LogP contribution in [-0.2, 0) is 22.4 Å². The van der Waals surface area contributed by atoms with Gasteiger partial charge in [0, 0.05) is 31.0 Å². The van der Waals surface area contributed by atoms with Crippen LogP contribution in [0.2, 0.25) is 0 Å². The number of carbonyl (C=O) groups is 2. The predicted molar refractivity (Wildman–Crippen MR) is 157 cm³/mol. The lowest BCUT2D eigenvalue weighted by atomic mass is 10.0. The van der Waals surface area contributed by atoms with Crippen LogP contribution in [0.15, 0.2) is 121 Å². The largest absolute Gasteiger partial charge is 0.463 e. The number of nitrogens with zero attached hydrogens (tertiary/aromatic N) is 2. The van der Waals surface area contributed by atoms with Crippen molar-refractivity contribution in [2.45, 2.75) is 25.8 Å². The first-order chi connectivity index (χ1) is 20.0. The van der Waals surface area contributed by atoms with Crippen molar-refractivity contribution in [2.24, 2.45) is 0 Å². The molecular weight excluding hydrogens is 518 g/mol. The monoisotopic (exact) mass is 549 g/mol. The van der Waals surface area contributed by atoms with E-state index in [4.69, 9.17) is 15.2 Å². The fourth-order valence-electron chi connectivity index (χ4n) is 4.37. The summed E-state index contributed by atoms with van der Waals surface area (Å²) >= 11 is 0. The highest BCUT2D eigenvalue weighted by Gasteiger charge is 2.21. The van der Waals surface area contributed by atoms with E-state index in [9.17, 15) is 9.59 Å². The fraction of sp³-hybridized carbons (Fsp3) is 0.156. The lowest BCUT2D eigenvalue weighted by Crippen LogP contribution is -2.41. The number of anilines is 2. The average molecular weight is 550 g/mol. The average Bonchev–Trinajstić information content (AvgIpc) is 3.01. The normalized spacial score (nSPS) is 14.0. The summed E-state index contributed by atoms with van der Waals surface area (Å²) < 4.78 is 11.4. The van der Waals surface area contributed by atoms with Crippen molar-refractivity contribution in [1.29, 1.82) is 0 Å². The van der Waals surface area contributed by atoms with Gasteiger partial charge in [0.15, 0.2) is 12.0 Å². The van der Waals surface area contributed by atoms with E-state index in [0.29, 0.717) is 42.2 Å². The van der Waals surface area contributed by atoms with E-state index >= 15 is 0 Å². The molecule has 3 aromatic rings. The molecule has 4 N–H and O–H groups in total. The van der Waals surface area contributed by atoms with Crippen molar-refractivity contribution < 1.29 is 19.1 Å². The summed E-state index contributed by atoms with van der Waals surface area (Å²) in [5.74, 6) is 0.515. The molecule has 1 aromatic heterocycles. The molecular formula is C32H31N5O4. The molecule has 2 aliphatic rings. The molecule has 0 unspecified atom stereocenters. The molecule has 3 amide bonds. The number of allylic oxidation sites excluding steroid dienone is 4. The zero-order chi connectivity index (χ0) is 28.4. The first-order valence-electron chi connectivity index (χ1n) is 13.3. The maximum atomic E-state index is 13.4. The van der Waals surface area contributed by atoms with Crippen molar-refractivity contribution in [1.82, 2.24) is 15.2 Å². The molecule has 208 valence electrons. The third-order valence-corrected chi connectivity index (χ3v) is 6.64. The Kier molecular flexibility index (Phi) is 8.75. The van der Waals surface area contributed by atoms with E-state index in [-0.39, 0.29) is 17.8 Å². The van der Waals surface area contributed by atoms with Gasteiger partial charge in [-0.3, -0.25) is 15.1 Å². The molecule has 1 aliphatic carbocycles. The molecule has 0 saturated carbocycles. The Morgan fingerprint density at radius 2 is 1.76 bits per heavy atom. The van der Waals surface area contributed by atoms with Gasteiger partial charge in [0.05, 0.1) is 11.4 Å². The van der Waals surface area contributed by atoms with Crippen LogP contribution in [0.1, 0.15) is 34.3 Å². The fourth-order valence-corrected chi connectivity index (χ4v) is 4.37. The molecule has 0 spiro atoms. The van der Waals surface area contributed by atoms with Crippen LogP contribution in [0.5, 0.6) is 0 Å². The standard InChI is InChI=1S/C32H31N5O4/c33-27-8-4-5-9-28(27)35-31(38)26-12-10-24(11-13-26)20-37(19-16-23-14-17-34-18-15-23)32(39)36-30-22-40-21-29(41-30)25-6-2-1-3-7-25/h1-2,4-6,8-15,17-18,21-22H,3,7,16,19-20,33H2,(H,35,38)(H,36,39). The number of nitrogens with one attached hydrogen (secondary N) is 2. The highest BCUT2D eigenvalue weighted by atomic mass is 16.6. The summed E-state index contributed by atoms with van der Waals surface area (Å²) in [7, 11) is 0.